The number of imidazole rings is 1. The first-order valence-corrected chi connectivity index (χ1v) is 8.78. The maximum atomic E-state index is 13.2. The SMILES string of the molecule is Cn1cnc2cc(C(=O)N(Cc3ccccn3)CC3CCCO3)cnc21. The Bertz CT molecular complexity index is 903. The Labute approximate surface area is 151 Å². The number of fused-ring (bicyclic) bond motifs is 1. The predicted octanol–water partition coefficient (Wildman–Crippen LogP) is 2.18. The molecule has 3 aromatic heterocycles. The van der Waals surface area contributed by atoms with Crippen molar-refractivity contribution < 1.29 is 9.53 Å². The highest BCUT2D eigenvalue weighted by atomic mass is 16.5. The number of carbonyl (C=O) groups excluding carboxylic acids is 1. The molecule has 0 N–H and O–H groups in total. The highest BCUT2D eigenvalue weighted by Gasteiger charge is 2.24. The second-order valence-electron chi connectivity index (χ2n) is 6.56. The van der Waals surface area contributed by atoms with E-state index in [9.17, 15) is 4.79 Å². The van der Waals surface area contributed by atoms with Crippen LogP contribution in [0, 0.1) is 0 Å². The van der Waals surface area contributed by atoms with E-state index in [0.29, 0.717) is 24.2 Å². The molecule has 7 heteroatoms. The van der Waals surface area contributed by atoms with Crippen LogP contribution in [0.3, 0.4) is 0 Å². The van der Waals surface area contributed by atoms with Crippen molar-refractivity contribution >= 4 is 17.1 Å². The Hall–Kier alpha value is -2.80. The lowest BCUT2D eigenvalue weighted by Crippen LogP contribution is -2.37. The molecule has 1 aliphatic rings. The van der Waals surface area contributed by atoms with E-state index in [1.165, 1.54) is 0 Å². The number of rotatable bonds is 5. The zero-order valence-electron chi connectivity index (χ0n) is 14.7. The molecule has 3 aromatic rings. The van der Waals surface area contributed by atoms with Gasteiger partial charge in [0, 0.05) is 32.6 Å². The van der Waals surface area contributed by atoms with Crippen molar-refractivity contribution in [2.75, 3.05) is 13.2 Å². The van der Waals surface area contributed by atoms with Gasteiger partial charge in [0.25, 0.3) is 5.91 Å². The highest BCUT2D eigenvalue weighted by Crippen LogP contribution is 2.18. The first-order chi connectivity index (χ1) is 12.7. The first kappa shape index (κ1) is 16.7. The van der Waals surface area contributed by atoms with Gasteiger partial charge in [-0.3, -0.25) is 9.78 Å². The fraction of sp³-hybridized carbons (Fsp3) is 0.368. The molecule has 1 aliphatic heterocycles. The average molecular weight is 351 g/mol. The van der Waals surface area contributed by atoms with Crippen molar-refractivity contribution in [1.82, 2.24) is 24.4 Å². The molecule has 26 heavy (non-hydrogen) atoms. The van der Waals surface area contributed by atoms with E-state index < -0.39 is 0 Å². The van der Waals surface area contributed by atoms with Crippen LogP contribution in [0.4, 0.5) is 0 Å². The summed E-state index contributed by atoms with van der Waals surface area (Å²) in [5.41, 5.74) is 2.86. The number of ether oxygens (including phenoxy) is 1. The maximum Gasteiger partial charge on any atom is 0.255 e. The van der Waals surface area contributed by atoms with Crippen molar-refractivity contribution in [3.63, 3.8) is 0 Å². The van der Waals surface area contributed by atoms with E-state index in [0.717, 1.165) is 30.8 Å². The molecule has 0 radical (unpaired) electrons. The third-order valence-corrected chi connectivity index (χ3v) is 4.61. The monoisotopic (exact) mass is 351 g/mol. The van der Waals surface area contributed by atoms with Crippen LogP contribution in [0.1, 0.15) is 28.9 Å². The summed E-state index contributed by atoms with van der Waals surface area (Å²) in [5, 5.41) is 0. The zero-order valence-corrected chi connectivity index (χ0v) is 14.7. The van der Waals surface area contributed by atoms with Crippen LogP contribution >= 0.6 is 0 Å². The van der Waals surface area contributed by atoms with E-state index in [2.05, 4.69) is 15.0 Å². The lowest BCUT2D eigenvalue weighted by molar-refractivity contribution is 0.0504. The summed E-state index contributed by atoms with van der Waals surface area (Å²) < 4.78 is 7.57. The van der Waals surface area contributed by atoms with Crippen LogP contribution < -0.4 is 0 Å². The molecule has 4 heterocycles. The predicted molar refractivity (Wildman–Crippen MR) is 96.5 cm³/mol. The number of aryl methyl sites for hydroxylation is 1. The van der Waals surface area contributed by atoms with Crippen LogP contribution in [0.15, 0.2) is 43.0 Å². The summed E-state index contributed by atoms with van der Waals surface area (Å²) in [4.78, 5) is 28.0. The standard InChI is InChI=1S/C19H21N5O2/c1-23-13-22-17-9-14(10-21-18(17)23)19(25)24(12-16-6-4-8-26-16)11-15-5-2-3-7-20-15/h2-3,5,7,9-10,13,16H,4,6,8,11-12H2,1H3. The van der Waals surface area contributed by atoms with Crippen molar-refractivity contribution in [1.29, 1.82) is 0 Å². The smallest absolute Gasteiger partial charge is 0.255 e. The van der Waals surface area contributed by atoms with Crippen LogP contribution in [-0.4, -0.2) is 49.6 Å². The highest BCUT2D eigenvalue weighted by molar-refractivity contribution is 5.96. The lowest BCUT2D eigenvalue weighted by atomic mass is 10.2. The molecule has 134 valence electrons. The molecule has 1 unspecified atom stereocenters. The van der Waals surface area contributed by atoms with Gasteiger partial charge in [-0.2, -0.15) is 0 Å². The van der Waals surface area contributed by atoms with Gasteiger partial charge in [-0.1, -0.05) is 6.07 Å². The number of aromatic nitrogens is 4. The Morgan fingerprint density at radius 2 is 2.27 bits per heavy atom. The fourth-order valence-corrected chi connectivity index (χ4v) is 3.26. The second kappa shape index (κ2) is 7.21. The van der Waals surface area contributed by atoms with Gasteiger partial charge in [0.1, 0.15) is 5.52 Å². The Morgan fingerprint density at radius 1 is 1.35 bits per heavy atom. The van der Waals surface area contributed by atoms with Crippen molar-refractivity contribution in [2.24, 2.45) is 7.05 Å². The molecule has 0 aliphatic carbocycles. The Kier molecular flexibility index (Phi) is 4.62. The normalized spacial score (nSPS) is 16.9. The van der Waals surface area contributed by atoms with Gasteiger partial charge < -0.3 is 14.2 Å². The van der Waals surface area contributed by atoms with E-state index in [1.54, 1.807) is 29.7 Å². The molecule has 0 saturated carbocycles. The molecular weight excluding hydrogens is 330 g/mol. The molecule has 0 spiro atoms. The Balaban J connectivity index is 1.60. The van der Waals surface area contributed by atoms with Crippen LogP contribution in [0.25, 0.3) is 11.2 Å². The van der Waals surface area contributed by atoms with Crippen LogP contribution in [0.5, 0.6) is 0 Å². The quantitative estimate of drug-likeness (QED) is 0.704. The molecule has 0 aromatic carbocycles. The minimum absolute atomic E-state index is 0.0776. The first-order valence-electron chi connectivity index (χ1n) is 8.78. The molecule has 1 atom stereocenters. The molecule has 1 fully saturated rings. The third kappa shape index (κ3) is 3.43. The van der Waals surface area contributed by atoms with E-state index in [4.69, 9.17) is 4.74 Å². The van der Waals surface area contributed by atoms with Gasteiger partial charge in [-0.15, -0.1) is 0 Å². The number of hydrogen-bond donors (Lipinski definition) is 0. The molecule has 4 rings (SSSR count). The number of carbonyl (C=O) groups is 1. The maximum absolute atomic E-state index is 13.2. The van der Waals surface area contributed by atoms with Gasteiger partial charge in [0.05, 0.1) is 30.2 Å². The summed E-state index contributed by atoms with van der Waals surface area (Å²) in [6, 6.07) is 7.52. The number of amides is 1. The Morgan fingerprint density at radius 3 is 3.04 bits per heavy atom. The molecule has 1 saturated heterocycles. The zero-order chi connectivity index (χ0) is 17.9. The van der Waals surface area contributed by atoms with E-state index in [1.807, 2.05) is 29.8 Å². The fourth-order valence-electron chi connectivity index (χ4n) is 3.26. The minimum Gasteiger partial charge on any atom is -0.376 e. The van der Waals surface area contributed by atoms with Gasteiger partial charge in [-0.05, 0) is 31.0 Å². The summed E-state index contributed by atoms with van der Waals surface area (Å²) in [5.74, 6) is -0.0776. The topological polar surface area (TPSA) is 73.1 Å². The van der Waals surface area contributed by atoms with E-state index >= 15 is 0 Å². The van der Waals surface area contributed by atoms with Crippen molar-refractivity contribution in [2.45, 2.75) is 25.5 Å². The number of pyridine rings is 2. The molecule has 0 bridgehead atoms. The van der Waals surface area contributed by atoms with E-state index in [-0.39, 0.29) is 12.0 Å². The molecule has 1 amide bonds. The molecular formula is C19H21N5O2. The molecule has 7 nitrogen and oxygen atoms in total. The van der Waals surface area contributed by atoms with Gasteiger partial charge in [-0.25, -0.2) is 9.97 Å². The third-order valence-electron chi connectivity index (χ3n) is 4.61. The van der Waals surface area contributed by atoms with Crippen molar-refractivity contribution in [3.05, 3.63) is 54.2 Å². The average Bonchev–Trinajstić information content (AvgIpc) is 3.31. The largest absolute Gasteiger partial charge is 0.376 e. The van der Waals surface area contributed by atoms with Crippen LogP contribution in [-0.2, 0) is 18.3 Å². The summed E-state index contributed by atoms with van der Waals surface area (Å²) in [6.07, 6.45) is 7.15. The van der Waals surface area contributed by atoms with Gasteiger partial charge in [0.2, 0.25) is 0 Å². The lowest BCUT2D eigenvalue weighted by Gasteiger charge is -2.25. The summed E-state index contributed by atoms with van der Waals surface area (Å²) >= 11 is 0. The minimum atomic E-state index is -0.0776. The van der Waals surface area contributed by atoms with Gasteiger partial charge in [0.15, 0.2) is 5.65 Å². The second-order valence-corrected chi connectivity index (χ2v) is 6.56. The van der Waals surface area contributed by atoms with Gasteiger partial charge >= 0.3 is 0 Å². The van der Waals surface area contributed by atoms with Crippen molar-refractivity contribution in [3.8, 4) is 0 Å². The number of nitrogens with zero attached hydrogens (tertiary/aromatic N) is 5. The summed E-state index contributed by atoms with van der Waals surface area (Å²) in [6.45, 7) is 1.76. The number of hydrogen-bond acceptors (Lipinski definition) is 5. The van der Waals surface area contributed by atoms with Crippen LogP contribution in [0.2, 0.25) is 0 Å². The summed E-state index contributed by atoms with van der Waals surface area (Å²) in [7, 11) is 1.88.